The standard InChI is InChI=1S/C25H20F2N6O5.C24H17F3N6O5/c1-13(26)37-20-5-3-2-4-15(20)11-29-24(35)19-9-18(31-22-16(27)12-30-33(19)22)23(34)28-10-14-6-7-21-17(8-14)32-25(36)38-21;25-15-11-30-33-18(22(35)29-9-12-2-1-3-14(6-12)37-23(26)27)8-17(31-20(15)33)21(34)28-10-13-4-5-19-16(7-13)32-24(36)38-19/h2-9,12-13H,10-11H2,1H3,(H,28,34)(H,29,35)(H,32,36);1-8,11,23H,9-10H2,(H,28,34)(H,29,35)(H,32,36). The molecule has 388 valence electrons. The van der Waals surface area contributed by atoms with E-state index in [0.717, 1.165) is 27.5 Å². The average molecular weight is 1050 g/mol. The number of fused-ring (bicyclic) bond motifs is 4. The van der Waals surface area contributed by atoms with E-state index in [4.69, 9.17) is 13.6 Å². The van der Waals surface area contributed by atoms with Crippen LogP contribution < -0.4 is 42.3 Å². The third-order valence-corrected chi connectivity index (χ3v) is 10.9. The maximum absolute atomic E-state index is 14.4. The molecule has 0 radical (unpaired) electrons. The Bertz CT molecular complexity index is 3960. The summed E-state index contributed by atoms with van der Waals surface area (Å²) in [5, 5.41) is 18.2. The molecule has 1 atom stereocenters. The smallest absolute Gasteiger partial charge is 0.417 e. The van der Waals surface area contributed by atoms with Gasteiger partial charge in [-0.3, -0.25) is 29.1 Å². The Morgan fingerprint density at radius 2 is 1.08 bits per heavy atom. The number of benzene rings is 4. The predicted octanol–water partition coefficient (Wildman–Crippen LogP) is 5.62. The summed E-state index contributed by atoms with van der Waals surface area (Å²) in [6, 6.07) is 24.4. The van der Waals surface area contributed by atoms with Gasteiger partial charge >= 0.3 is 18.1 Å². The number of H-pyrrole nitrogens is 2. The summed E-state index contributed by atoms with van der Waals surface area (Å²) in [4.78, 5) is 87.4. The second kappa shape index (κ2) is 21.9. The van der Waals surface area contributed by atoms with E-state index in [9.17, 15) is 50.7 Å². The molecule has 0 fully saturated rings. The van der Waals surface area contributed by atoms with Crippen LogP contribution in [0.4, 0.5) is 22.0 Å². The highest BCUT2D eigenvalue weighted by Crippen LogP contribution is 2.22. The zero-order valence-electron chi connectivity index (χ0n) is 39.0. The van der Waals surface area contributed by atoms with Gasteiger partial charge in [0.1, 0.15) is 34.3 Å². The highest BCUT2D eigenvalue weighted by molar-refractivity contribution is 5.99. The van der Waals surface area contributed by atoms with Gasteiger partial charge in [-0.15, -0.1) is 0 Å². The molecule has 1 unspecified atom stereocenters. The fraction of sp³-hybridized carbons (Fsp3) is 0.143. The lowest BCUT2D eigenvalue weighted by molar-refractivity contribution is -0.0499. The molecule has 6 aromatic heterocycles. The highest BCUT2D eigenvalue weighted by Gasteiger charge is 2.23. The van der Waals surface area contributed by atoms with E-state index < -0.39 is 59.7 Å². The van der Waals surface area contributed by atoms with Crippen molar-refractivity contribution in [3.63, 3.8) is 0 Å². The third kappa shape index (κ3) is 11.7. The number of carbonyl (C=O) groups is 4. The number of amides is 4. The van der Waals surface area contributed by atoms with Crippen molar-refractivity contribution in [3.8, 4) is 11.5 Å². The maximum Gasteiger partial charge on any atom is 0.417 e. The zero-order chi connectivity index (χ0) is 53.6. The molecule has 0 aliphatic heterocycles. The number of nitrogens with one attached hydrogen (secondary N) is 6. The van der Waals surface area contributed by atoms with Crippen molar-refractivity contribution >= 4 is 57.1 Å². The average Bonchev–Trinajstić information content (AvgIpc) is 4.22. The van der Waals surface area contributed by atoms with Gasteiger partial charge in [0, 0.05) is 50.8 Å². The normalized spacial score (nSPS) is 11.6. The number of aromatic amines is 2. The molecule has 4 aromatic carbocycles. The number of nitrogens with zero attached hydrogens (tertiary/aromatic N) is 6. The van der Waals surface area contributed by atoms with Gasteiger partial charge in [0.2, 0.25) is 6.36 Å². The first kappa shape index (κ1) is 50.7. The molecular weight excluding hydrogens is 1010 g/mol. The molecule has 27 heteroatoms. The number of para-hydroxylation sites is 1. The molecule has 10 rings (SSSR count). The van der Waals surface area contributed by atoms with Gasteiger partial charge < -0.3 is 39.6 Å². The molecule has 76 heavy (non-hydrogen) atoms. The number of halogens is 5. The number of aromatic nitrogens is 8. The quantitative estimate of drug-likeness (QED) is 0.0641. The first-order chi connectivity index (χ1) is 36.5. The van der Waals surface area contributed by atoms with E-state index in [1.54, 1.807) is 66.7 Å². The number of oxazole rings is 2. The van der Waals surface area contributed by atoms with E-state index in [1.807, 2.05) is 0 Å². The molecule has 6 heterocycles. The van der Waals surface area contributed by atoms with Gasteiger partial charge in [-0.05, 0) is 59.2 Å². The number of hydrogen-bond donors (Lipinski definition) is 6. The lowest BCUT2D eigenvalue weighted by atomic mass is 10.2. The molecule has 0 bridgehead atoms. The van der Waals surface area contributed by atoms with Crippen LogP contribution in [-0.2, 0) is 26.2 Å². The van der Waals surface area contributed by atoms with Crippen LogP contribution in [0, 0.1) is 11.6 Å². The van der Waals surface area contributed by atoms with Crippen molar-refractivity contribution in [2.24, 2.45) is 0 Å². The number of hydrogen-bond acceptors (Lipinski definition) is 14. The molecule has 0 aliphatic rings. The molecule has 0 saturated carbocycles. The highest BCUT2D eigenvalue weighted by atomic mass is 19.3. The Morgan fingerprint density at radius 1 is 0.592 bits per heavy atom. The zero-order valence-corrected chi connectivity index (χ0v) is 39.0. The first-order valence-electron chi connectivity index (χ1n) is 22.4. The first-order valence-corrected chi connectivity index (χ1v) is 22.4. The molecule has 10 aromatic rings. The van der Waals surface area contributed by atoms with Crippen LogP contribution in [-0.4, -0.2) is 75.8 Å². The van der Waals surface area contributed by atoms with E-state index >= 15 is 0 Å². The minimum Gasteiger partial charge on any atom is -0.460 e. The van der Waals surface area contributed by atoms with E-state index in [2.05, 4.69) is 56.1 Å². The Kier molecular flexibility index (Phi) is 14.6. The van der Waals surface area contributed by atoms with Gasteiger partial charge in [-0.25, -0.2) is 41.8 Å². The topological polar surface area (TPSA) is 287 Å². The minimum absolute atomic E-state index is 0.0323. The summed E-state index contributed by atoms with van der Waals surface area (Å²) in [6.07, 6.45) is 0.184. The van der Waals surface area contributed by atoms with Crippen molar-refractivity contribution in [1.82, 2.24) is 60.4 Å². The number of rotatable bonds is 16. The van der Waals surface area contributed by atoms with Crippen LogP contribution in [0.15, 0.2) is 128 Å². The Hall–Kier alpha value is -10.2. The minimum atomic E-state index is -3.00. The summed E-state index contributed by atoms with van der Waals surface area (Å²) in [5.41, 5.74) is 2.48. The van der Waals surface area contributed by atoms with Crippen LogP contribution in [0.2, 0.25) is 0 Å². The predicted molar refractivity (Wildman–Crippen MR) is 255 cm³/mol. The molecule has 6 N–H and O–H groups in total. The Labute approximate surface area is 420 Å². The molecule has 0 saturated heterocycles. The molecule has 4 amide bonds. The van der Waals surface area contributed by atoms with E-state index in [1.165, 1.54) is 31.2 Å². The number of alkyl halides is 3. The van der Waals surface area contributed by atoms with Gasteiger partial charge in [-0.1, -0.05) is 42.5 Å². The summed E-state index contributed by atoms with van der Waals surface area (Å²) < 4.78 is 88.3. The fourth-order valence-electron chi connectivity index (χ4n) is 7.50. The maximum atomic E-state index is 14.4. The second-order valence-electron chi connectivity index (χ2n) is 16.2. The van der Waals surface area contributed by atoms with Crippen LogP contribution in [0.5, 0.6) is 11.5 Å². The van der Waals surface area contributed by atoms with Crippen molar-refractivity contribution in [3.05, 3.63) is 187 Å². The molecule has 0 aliphatic carbocycles. The lowest BCUT2D eigenvalue weighted by Crippen LogP contribution is -2.28. The largest absolute Gasteiger partial charge is 0.460 e. The monoisotopic (exact) mass is 1050 g/mol. The third-order valence-electron chi connectivity index (χ3n) is 10.9. The lowest BCUT2D eigenvalue weighted by Gasteiger charge is -2.13. The summed E-state index contributed by atoms with van der Waals surface area (Å²) in [7, 11) is 0. The van der Waals surface area contributed by atoms with Crippen LogP contribution in [0.3, 0.4) is 0 Å². The Morgan fingerprint density at radius 3 is 1.59 bits per heavy atom. The van der Waals surface area contributed by atoms with Gasteiger partial charge in [0.15, 0.2) is 34.1 Å². The van der Waals surface area contributed by atoms with Crippen LogP contribution in [0.25, 0.3) is 33.5 Å². The van der Waals surface area contributed by atoms with E-state index in [-0.39, 0.29) is 71.7 Å². The van der Waals surface area contributed by atoms with Crippen LogP contribution >= 0.6 is 0 Å². The summed E-state index contributed by atoms with van der Waals surface area (Å²) in [6.45, 7) is -1.78. The molecule has 0 spiro atoms. The fourth-order valence-corrected chi connectivity index (χ4v) is 7.50. The van der Waals surface area contributed by atoms with Crippen molar-refractivity contribution in [1.29, 1.82) is 0 Å². The number of carbonyl (C=O) groups excluding carboxylic acids is 4. The van der Waals surface area contributed by atoms with E-state index in [0.29, 0.717) is 44.5 Å². The number of ether oxygens (including phenoxy) is 2. The molecular formula is C49H37F5N12O10. The van der Waals surface area contributed by atoms with Crippen molar-refractivity contribution in [2.75, 3.05) is 0 Å². The molecule has 22 nitrogen and oxygen atoms in total. The van der Waals surface area contributed by atoms with Crippen LogP contribution in [0.1, 0.15) is 71.1 Å². The van der Waals surface area contributed by atoms with Gasteiger partial charge in [0.05, 0.1) is 23.4 Å². The van der Waals surface area contributed by atoms with Gasteiger partial charge in [-0.2, -0.15) is 19.0 Å². The SMILES string of the molecule is CC(F)Oc1ccccc1CNC(=O)c1cc(C(=O)NCc2ccc3oc(=O)[nH]c3c2)nc2c(F)cnn12.O=C(NCc1ccc2oc(=O)[nH]c2c1)c1cc(C(=O)NCc2cccc(OC(F)F)c2)n2ncc(F)c2n1. The van der Waals surface area contributed by atoms with Crippen molar-refractivity contribution < 1.29 is 59.4 Å². The van der Waals surface area contributed by atoms with Gasteiger partial charge in [0.25, 0.3) is 23.6 Å². The van der Waals surface area contributed by atoms with Crippen molar-refractivity contribution in [2.45, 2.75) is 46.1 Å². The summed E-state index contributed by atoms with van der Waals surface area (Å²) >= 11 is 0. The second-order valence-corrected chi connectivity index (χ2v) is 16.2. The Balaban J connectivity index is 0.000000186. The summed E-state index contributed by atoms with van der Waals surface area (Å²) in [5.74, 6) is -5.45.